The Morgan fingerprint density at radius 3 is 2.40 bits per heavy atom. The Morgan fingerprint density at radius 1 is 1.11 bits per heavy atom. The number of methoxy groups -OCH3 is 1. The van der Waals surface area contributed by atoms with Gasteiger partial charge in [0.15, 0.2) is 0 Å². The molecule has 1 aliphatic heterocycles. The SMILES string of the molecule is COC(=O)C[C@]1(C)C[C@H](c2cccc(Cl)c2)[C@@H](c2ccc(Cl)cc2)N([C@@H](C)CCSC(C)C)C1=O. The van der Waals surface area contributed by atoms with Gasteiger partial charge in [0.1, 0.15) is 0 Å². The molecule has 2 aromatic rings. The number of hydrogen-bond donors (Lipinski definition) is 0. The minimum atomic E-state index is -0.886. The van der Waals surface area contributed by atoms with E-state index in [0.717, 1.165) is 23.3 Å². The van der Waals surface area contributed by atoms with Gasteiger partial charge in [0, 0.05) is 22.0 Å². The Balaban J connectivity index is 2.13. The first kappa shape index (κ1) is 27.9. The molecular weight excluding hydrogens is 501 g/mol. The second kappa shape index (κ2) is 12.0. The molecule has 4 nitrogen and oxygen atoms in total. The second-order valence-corrected chi connectivity index (χ2v) is 12.5. The Morgan fingerprint density at radius 2 is 1.80 bits per heavy atom. The lowest BCUT2D eigenvalue weighted by Crippen LogP contribution is -2.55. The van der Waals surface area contributed by atoms with Crippen molar-refractivity contribution < 1.29 is 14.3 Å². The Bertz CT molecular complexity index is 1030. The zero-order valence-electron chi connectivity index (χ0n) is 21.1. The number of esters is 1. The first-order chi connectivity index (χ1) is 16.6. The van der Waals surface area contributed by atoms with Crippen molar-refractivity contribution in [1.82, 2.24) is 4.90 Å². The minimum Gasteiger partial charge on any atom is -0.469 e. The summed E-state index contributed by atoms with van der Waals surface area (Å²) < 4.78 is 4.99. The lowest BCUT2D eigenvalue weighted by Gasteiger charge is -2.51. The highest BCUT2D eigenvalue weighted by molar-refractivity contribution is 7.99. The summed E-state index contributed by atoms with van der Waals surface area (Å²) >= 11 is 14.5. The molecule has 1 aliphatic rings. The first-order valence-electron chi connectivity index (χ1n) is 12.1. The van der Waals surface area contributed by atoms with Gasteiger partial charge in [-0.25, -0.2) is 0 Å². The van der Waals surface area contributed by atoms with Gasteiger partial charge in [-0.2, -0.15) is 11.8 Å². The smallest absolute Gasteiger partial charge is 0.306 e. The van der Waals surface area contributed by atoms with Gasteiger partial charge < -0.3 is 9.64 Å². The molecule has 0 aliphatic carbocycles. The van der Waals surface area contributed by atoms with Crippen LogP contribution >= 0.6 is 35.0 Å². The number of ether oxygens (including phenoxy) is 1. The summed E-state index contributed by atoms with van der Waals surface area (Å²) in [6, 6.07) is 15.4. The maximum Gasteiger partial charge on any atom is 0.306 e. The fourth-order valence-corrected chi connectivity index (χ4v) is 6.31. The van der Waals surface area contributed by atoms with E-state index in [1.54, 1.807) is 0 Å². The van der Waals surface area contributed by atoms with Crippen LogP contribution in [0.25, 0.3) is 0 Å². The van der Waals surface area contributed by atoms with Crippen LogP contribution in [0.4, 0.5) is 0 Å². The van der Waals surface area contributed by atoms with E-state index >= 15 is 0 Å². The number of carbonyl (C=O) groups excluding carboxylic acids is 2. The quantitative estimate of drug-likeness (QED) is 0.311. The fourth-order valence-electron chi connectivity index (χ4n) is 5.03. The van der Waals surface area contributed by atoms with Crippen LogP contribution in [0.2, 0.25) is 10.0 Å². The third-order valence-corrected chi connectivity index (χ3v) is 8.44. The van der Waals surface area contributed by atoms with Gasteiger partial charge >= 0.3 is 5.97 Å². The molecule has 1 fully saturated rings. The van der Waals surface area contributed by atoms with Crippen LogP contribution in [0.3, 0.4) is 0 Å². The van der Waals surface area contributed by atoms with E-state index in [4.69, 9.17) is 27.9 Å². The van der Waals surface area contributed by atoms with Gasteiger partial charge in [0.25, 0.3) is 0 Å². The zero-order chi connectivity index (χ0) is 25.8. The summed E-state index contributed by atoms with van der Waals surface area (Å²) in [4.78, 5) is 28.6. The lowest BCUT2D eigenvalue weighted by atomic mass is 9.67. The molecule has 4 atom stereocenters. The average Bonchev–Trinajstić information content (AvgIpc) is 2.80. The maximum atomic E-state index is 14.2. The molecule has 1 saturated heterocycles. The molecule has 3 rings (SSSR count). The molecule has 35 heavy (non-hydrogen) atoms. The number of amides is 1. The number of hydrogen-bond acceptors (Lipinski definition) is 4. The number of carbonyl (C=O) groups is 2. The maximum absolute atomic E-state index is 14.2. The second-order valence-electron chi connectivity index (χ2n) is 9.95. The molecule has 2 aromatic carbocycles. The molecule has 1 amide bonds. The molecule has 7 heteroatoms. The van der Waals surface area contributed by atoms with Crippen molar-refractivity contribution in [1.29, 1.82) is 0 Å². The first-order valence-corrected chi connectivity index (χ1v) is 13.9. The number of benzene rings is 2. The highest BCUT2D eigenvalue weighted by Crippen LogP contribution is 2.52. The predicted octanol–water partition coefficient (Wildman–Crippen LogP) is 7.54. The number of halogens is 2. The van der Waals surface area contributed by atoms with Crippen molar-refractivity contribution >= 4 is 46.8 Å². The van der Waals surface area contributed by atoms with E-state index in [-0.39, 0.29) is 36.3 Å². The van der Waals surface area contributed by atoms with Gasteiger partial charge in [0.05, 0.1) is 25.0 Å². The Labute approximate surface area is 223 Å². The van der Waals surface area contributed by atoms with Gasteiger partial charge in [-0.05, 0) is 66.2 Å². The predicted molar refractivity (Wildman–Crippen MR) is 146 cm³/mol. The van der Waals surface area contributed by atoms with Crippen molar-refractivity contribution in [2.24, 2.45) is 5.41 Å². The number of likely N-dealkylation sites (tertiary alicyclic amines) is 1. The van der Waals surface area contributed by atoms with Crippen molar-refractivity contribution in [3.05, 3.63) is 69.7 Å². The monoisotopic (exact) mass is 535 g/mol. The van der Waals surface area contributed by atoms with E-state index in [9.17, 15) is 9.59 Å². The number of nitrogens with zero attached hydrogens (tertiary/aromatic N) is 1. The summed E-state index contributed by atoms with van der Waals surface area (Å²) in [6.07, 6.45) is 1.41. The van der Waals surface area contributed by atoms with Crippen LogP contribution in [0, 0.1) is 5.41 Å². The van der Waals surface area contributed by atoms with E-state index in [0.29, 0.717) is 21.7 Å². The van der Waals surface area contributed by atoms with Crippen molar-refractivity contribution in [2.75, 3.05) is 12.9 Å². The fraction of sp³-hybridized carbons (Fsp3) is 0.500. The van der Waals surface area contributed by atoms with E-state index < -0.39 is 5.41 Å². The van der Waals surface area contributed by atoms with Gasteiger partial charge in [-0.1, -0.05) is 68.2 Å². The molecule has 0 spiro atoms. The summed E-state index contributed by atoms with van der Waals surface area (Å²) in [6.45, 7) is 8.37. The van der Waals surface area contributed by atoms with Crippen LogP contribution in [-0.4, -0.2) is 40.9 Å². The molecule has 0 bridgehead atoms. The average molecular weight is 537 g/mol. The molecule has 190 valence electrons. The summed E-state index contributed by atoms with van der Waals surface area (Å²) in [5, 5.41) is 1.82. The number of piperidine rings is 1. The van der Waals surface area contributed by atoms with Crippen LogP contribution in [0.1, 0.15) is 70.0 Å². The molecule has 0 N–H and O–H groups in total. The summed E-state index contributed by atoms with van der Waals surface area (Å²) in [5.74, 6) is 0.509. The van der Waals surface area contributed by atoms with Crippen molar-refractivity contribution in [3.63, 3.8) is 0 Å². The molecule has 0 radical (unpaired) electrons. The standard InChI is InChI=1S/C28H35Cl2NO3S/c1-18(2)35-14-13-19(3)31-26(20-9-11-22(29)12-10-20)24(21-7-6-8-23(30)15-21)16-28(4,27(31)33)17-25(32)34-5/h6-12,15,18-19,24,26H,13-14,16-17H2,1-5H3/t19-,24+,26+,28-/m0/s1. The van der Waals surface area contributed by atoms with Gasteiger partial charge in [-0.15, -0.1) is 0 Å². The molecule has 0 saturated carbocycles. The van der Waals surface area contributed by atoms with Crippen LogP contribution < -0.4 is 0 Å². The van der Waals surface area contributed by atoms with Crippen LogP contribution in [0.5, 0.6) is 0 Å². The molecule has 0 aromatic heterocycles. The summed E-state index contributed by atoms with van der Waals surface area (Å²) in [7, 11) is 1.37. The molecular formula is C28H35Cl2NO3S. The third-order valence-electron chi connectivity index (χ3n) is 6.81. The normalized spacial score (nSPS) is 23.4. The van der Waals surface area contributed by atoms with Crippen molar-refractivity contribution in [3.8, 4) is 0 Å². The molecule has 1 heterocycles. The number of thioether (sulfide) groups is 1. The Hall–Kier alpha value is -1.69. The third kappa shape index (κ3) is 6.75. The van der Waals surface area contributed by atoms with Gasteiger partial charge in [0.2, 0.25) is 5.91 Å². The van der Waals surface area contributed by atoms with Crippen LogP contribution in [-0.2, 0) is 14.3 Å². The van der Waals surface area contributed by atoms with E-state index in [1.165, 1.54) is 7.11 Å². The number of rotatable bonds is 9. The largest absolute Gasteiger partial charge is 0.469 e. The lowest BCUT2D eigenvalue weighted by molar-refractivity contribution is -0.161. The molecule has 0 unspecified atom stereocenters. The van der Waals surface area contributed by atoms with Gasteiger partial charge in [-0.3, -0.25) is 9.59 Å². The topological polar surface area (TPSA) is 46.6 Å². The highest BCUT2D eigenvalue weighted by atomic mass is 35.5. The summed E-state index contributed by atoms with van der Waals surface area (Å²) in [5.41, 5.74) is 1.19. The van der Waals surface area contributed by atoms with E-state index in [1.807, 2.05) is 66.1 Å². The van der Waals surface area contributed by atoms with Crippen molar-refractivity contribution in [2.45, 2.75) is 70.2 Å². The minimum absolute atomic E-state index is 0.0109. The highest BCUT2D eigenvalue weighted by Gasteiger charge is 2.51. The van der Waals surface area contributed by atoms with Crippen LogP contribution in [0.15, 0.2) is 48.5 Å². The Kier molecular flexibility index (Phi) is 9.59. The zero-order valence-corrected chi connectivity index (χ0v) is 23.4. The van der Waals surface area contributed by atoms with E-state index in [2.05, 4.69) is 26.8 Å².